The number of aryl methyl sites for hydroxylation is 1. The van der Waals surface area contributed by atoms with Crippen LogP contribution in [0.2, 0.25) is 0 Å². The molecule has 0 radical (unpaired) electrons. The first kappa shape index (κ1) is 11.1. The first-order valence-electron chi connectivity index (χ1n) is 5.71. The minimum absolute atomic E-state index is 0.173. The van der Waals surface area contributed by atoms with E-state index in [-0.39, 0.29) is 5.82 Å². The number of nitrogens with zero attached hydrogens (tertiary/aromatic N) is 3. The summed E-state index contributed by atoms with van der Waals surface area (Å²) in [6, 6.07) is 0. The fourth-order valence-electron chi connectivity index (χ4n) is 1.88. The van der Waals surface area contributed by atoms with E-state index >= 15 is 0 Å². The highest BCUT2D eigenvalue weighted by atomic mass is 16.5. The van der Waals surface area contributed by atoms with E-state index in [4.69, 9.17) is 4.74 Å². The molecule has 0 bridgehead atoms. The molecular weight excluding hydrogens is 206 g/mol. The third kappa shape index (κ3) is 2.08. The zero-order valence-corrected chi connectivity index (χ0v) is 9.93. The summed E-state index contributed by atoms with van der Waals surface area (Å²) in [5, 5.41) is 4.09. The maximum absolute atomic E-state index is 11.5. The summed E-state index contributed by atoms with van der Waals surface area (Å²) < 4.78 is 6.56. The lowest BCUT2D eigenvalue weighted by Gasteiger charge is -2.07. The Labute approximate surface area is 94.8 Å². The average Bonchev–Trinajstić information content (AvgIpc) is 3.01. The highest BCUT2D eigenvalue weighted by Crippen LogP contribution is 2.41. The molecular formula is C11H17N3O2. The molecule has 0 aliphatic heterocycles. The second-order valence-corrected chi connectivity index (χ2v) is 4.26. The predicted molar refractivity (Wildman–Crippen MR) is 58.1 cm³/mol. The van der Waals surface area contributed by atoms with Gasteiger partial charge in [-0.3, -0.25) is 4.68 Å². The molecule has 0 aromatic carbocycles. The molecule has 0 N–H and O–H groups in total. The van der Waals surface area contributed by atoms with Crippen LogP contribution in [0.3, 0.4) is 0 Å². The van der Waals surface area contributed by atoms with Crippen LogP contribution in [0.4, 0.5) is 0 Å². The maximum atomic E-state index is 11.5. The van der Waals surface area contributed by atoms with Crippen molar-refractivity contribution in [3.05, 3.63) is 11.6 Å². The summed E-state index contributed by atoms with van der Waals surface area (Å²) in [7, 11) is 1.82. The highest BCUT2D eigenvalue weighted by molar-refractivity contribution is 5.84. The van der Waals surface area contributed by atoms with E-state index in [1.165, 1.54) is 12.8 Å². The molecule has 1 unspecified atom stereocenters. The second kappa shape index (κ2) is 4.23. The van der Waals surface area contributed by atoms with Crippen molar-refractivity contribution < 1.29 is 9.53 Å². The SMILES string of the molecule is CCOC(=O)c1nc(C(C)C2CC2)n(C)n1. The molecule has 5 nitrogen and oxygen atoms in total. The lowest BCUT2D eigenvalue weighted by molar-refractivity contribution is 0.0512. The van der Waals surface area contributed by atoms with Gasteiger partial charge < -0.3 is 4.74 Å². The van der Waals surface area contributed by atoms with Gasteiger partial charge in [-0.1, -0.05) is 6.92 Å². The number of ether oxygens (including phenoxy) is 1. The lowest BCUT2D eigenvalue weighted by atomic mass is 10.1. The molecule has 1 saturated carbocycles. The minimum Gasteiger partial charge on any atom is -0.460 e. The summed E-state index contributed by atoms with van der Waals surface area (Å²) in [6.45, 7) is 4.26. The van der Waals surface area contributed by atoms with Gasteiger partial charge in [0.15, 0.2) is 0 Å². The molecule has 0 amide bonds. The maximum Gasteiger partial charge on any atom is 0.378 e. The Hall–Kier alpha value is -1.39. The predicted octanol–water partition coefficient (Wildman–Crippen LogP) is 1.51. The number of carbonyl (C=O) groups is 1. The Balaban J connectivity index is 2.17. The first-order valence-corrected chi connectivity index (χ1v) is 5.71. The van der Waals surface area contributed by atoms with E-state index in [1.807, 2.05) is 7.05 Å². The molecule has 5 heteroatoms. The van der Waals surface area contributed by atoms with Crippen LogP contribution in [0.5, 0.6) is 0 Å². The lowest BCUT2D eigenvalue weighted by Crippen LogP contribution is -2.07. The van der Waals surface area contributed by atoms with Crippen molar-refractivity contribution in [2.75, 3.05) is 6.61 Å². The van der Waals surface area contributed by atoms with Gasteiger partial charge in [0.25, 0.3) is 5.82 Å². The van der Waals surface area contributed by atoms with Crippen LogP contribution in [0.15, 0.2) is 0 Å². The van der Waals surface area contributed by atoms with Crippen LogP contribution < -0.4 is 0 Å². The summed E-state index contributed by atoms with van der Waals surface area (Å²) in [5.41, 5.74) is 0. The van der Waals surface area contributed by atoms with Gasteiger partial charge >= 0.3 is 5.97 Å². The van der Waals surface area contributed by atoms with Crippen LogP contribution >= 0.6 is 0 Å². The molecule has 1 aromatic rings. The number of hydrogen-bond donors (Lipinski definition) is 0. The molecule has 1 aliphatic carbocycles. The number of rotatable bonds is 4. The number of hydrogen-bond acceptors (Lipinski definition) is 4. The molecule has 88 valence electrons. The van der Waals surface area contributed by atoms with Crippen molar-refractivity contribution in [1.29, 1.82) is 0 Å². The van der Waals surface area contributed by atoms with Crippen LogP contribution in [0.25, 0.3) is 0 Å². The molecule has 1 fully saturated rings. The van der Waals surface area contributed by atoms with Gasteiger partial charge in [0.1, 0.15) is 5.82 Å². The van der Waals surface area contributed by atoms with Crippen molar-refractivity contribution in [2.24, 2.45) is 13.0 Å². The van der Waals surface area contributed by atoms with E-state index in [1.54, 1.807) is 11.6 Å². The van der Waals surface area contributed by atoms with Crippen LogP contribution in [0.1, 0.15) is 49.1 Å². The topological polar surface area (TPSA) is 57.0 Å². The third-order valence-electron chi connectivity index (χ3n) is 2.99. The average molecular weight is 223 g/mol. The van der Waals surface area contributed by atoms with E-state index in [0.717, 1.165) is 5.82 Å². The summed E-state index contributed by atoms with van der Waals surface area (Å²) in [5.74, 6) is 1.70. The largest absolute Gasteiger partial charge is 0.460 e. The van der Waals surface area contributed by atoms with E-state index in [9.17, 15) is 4.79 Å². The van der Waals surface area contributed by atoms with Gasteiger partial charge in [-0.2, -0.15) is 0 Å². The Bertz CT molecular complexity index is 396. The fourth-order valence-corrected chi connectivity index (χ4v) is 1.88. The number of carbonyl (C=O) groups excluding carboxylic acids is 1. The van der Waals surface area contributed by atoms with Crippen molar-refractivity contribution in [1.82, 2.24) is 14.8 Å². The van der Waals surface area contributed by atoms with Crippen molar-refractivity contribution in [2.45, 2.75) is 32.6 Å². The van der Waals surface area contributed by atoms with Gasteiger partial charge in [0.2, 0.25) is 0 Å². The minimum atomic E-state index is -0.438. The van der Waals surface area contributed by atoms with E-state index < -0.39 is 5.97 Å². The fraction of sp³-hybridized carbons (Fsp3) is 0.727. The monoisotopic (exact) mass is 223 g/mol. The van der Waals surface area contributed by atoms with Gasteiger partial charge in [0, 0.05) is 13.0 Å². The van der Waals surface area contributed by atoms with E-state index in [2.05, 4.69) is 17.0 Å². The van der Waals surface area contributed by atoms with E-state index in [0.29, 0.717) is 18.4 Å². The first-order chi connectivity index (χ1) is 7.63. The normalized spacial score (nSPS) is 17.2. The molecule has 1 aromatic heterocycles. The van der Waals surface area contributed by atoms with Crippen molar-refractivity contribution in [3.63, 3.8) is 0 Å². The van der Waals surface area contributed by atoms with Gasteiger partial charge in [-0.05, 0) is 25.7 Å². The smallest absolute Gasteiger partial charge is 0.378 e. The number of esters is 1. The molecule has 1 atom stereocenters. The highest BCUT2D eigenvalue weighted by Gasteiger charge is 2.32. The molecule has 2 rings (SSSR count). The molecule has 16 heavy (non-hydrogen) atoms. The Morgan fingerprint density at radius 1 is 1.62 bits per heavy atom. The molecule has 0 spiro atoms. The third-order valence-corrected chi connectivity index (χ3v) is 2.99. The Morgan fingerprint density at radius 2 is 2.31 bits per heavy atom. The standard InChI is InChI=1S/C11H17N3O2/c1-4-16-11(15)9-12-10(14(3)13-9)7(2)8-5-6-8/h7-8H,4-6H2,1-3H3. The molecule has 1 heterocycles. The molecule has 0 saturated heterocycles. The Morgan fingerprint density at radius 3 is 2.88 bits per heavy atom. The van der Waals surface area contributed by atoms with Gasteiger partial charge in [-0.25, -0.2) is 9.78 Å². The summed E-state index contributed by atoms with van der Waals surface area (Å²) >= 11 is 0. The van der Waals surface area contributed by atoms with Crippen LogP contribution in [-0.4, -0.2) is 27.3 Å². The molecule has 1 aliphatic rings. The summed E-state index contributed by atoms with van der Waals surface area (Å²) in [6.07, 6.45) is 2.51. The van der Waals surface area contributed by atoms with Crippen molar-refractivity contribution in [3.8, 4) is 0 Å². The van der Waals surface area contributed by atoms with Crippen LogP contribution in [0, 0.1) is 5.92 Å². The zero-order valence-electron chi connectivity index (χ0n) is 9.93. The quantitative estimate of drug-likeness (QED) is 0.726. The number of aromatic nitrogens is 3. The van der Waals surface area contributed by atoms with Gasteiger partial charge in [-0.15, -0.1) is 5.10 Å². The van der Waals surface area contributed by atoms with Crippen molar-refractivity contribution >= 4 is 5.97 Å². The zero-order chi connectivity index (χ0) is 11.7. The summed E-state index contributed by atoms with van der Waals surface area (Å²) in [4.78, 5) is 15.7. The second-order valence-electron chi connectivity index (χ2n) is 4.26. The van der Waals surface area contributed by atoms with Crippen LogP contribution in [-0.2, 0) is 11.8 Å². The van der Waals surface area contributed by atoms with Gasteiger partial charge in [0.05, 0.1) is 6.61 Å². The Kier molecular flexibility index (Phi) is 2.94.